The summed E-state index contributed by atoms with van der Waals surface area (Å²) in [5.41, 5.74) is 1.08. The van der Waals surface area contributed by atoms with Crippen molar-refractivity contribution in [1.82, 2.24) is 4.98 Å². The van der Waals surface area contributed by atoms with E-state index in [1.54, 1.807) is 30.3 Å². The Labute approximate surface area is 109 Å². The molecule has 0 saturated heterocycles. The van der Waals surface area contributed by atoms with E-state index in [1.807, 2.05) is 0 Å². The Morgan fingerprint density at radius 3 is 2.78 bits per heavy atom. The molecule has 0 N–H and O–H groups in total. The standard InChI is InChI=1S/C13H10ClNO3/c1-8(16)7-18-13(17)10-2-4-11-9(6-10)3-5-12(14)15-11/h2-6H,7H2,1H3. The minimum absolute atomic E-state index is 0.197. The Morgan fingerprint density at radius 2 is 2.06 bits per heavy atom. The zero-order chi connectivity index (χ0) is 13.1. The lowest BCUT2D eigenvalue weighted by molar-refractivity contribution is -0.120. The lowest BCUT2D eigenvalue weighted by atomic mass is 10.1. The Balaban J connectivity index is 2.27. The van der Waals surface area contributed by atoms with Crippen molar-refractivity contribution >= 4 is 34.3 Å². The number of carbonyl (C=O) groups is 2. The van der Waals surface area contributed by atoms with Gasteiger partial charge in [0.05, 0.1) is 11.1 Å². The second kappa shape index (κ2) is 5.14. The number of Topliss-reactive ketones (excluding diaryl/α,β-unsaturated/α-hetero) is 1. The van der Waals surface area contributed by atoms with Crippen molar-refractivity contribution in [2.24, 2.45) is 0 Å². The Kier molecular flexibility index (Phi) is 3.58. The maximum atomic E-state index is 11.6. The van der Waals surface area contributed by atoms with E-state index in [4.69, 9.17) is 16.3 Å². The largest absolute Gasteiger partial charge is 0.454 e. The third-order valence-electron chi connectivity index (χ3n) is 2.30. The van der Waals surface area contributed by atoms with Crippen molar-refractivity contribution in [2.45, 2.75) is 6.92 Å². The molecule has 0 bridgehead atoms. The molecule has 0 atom stereocenters. The highest BCUT2D eigenvalue weighted by atomic mass is 35.5. The van der Waals surface area contributed by atoms with Gasteiger partial charge in [0.25, 0.3) is 0 Å². The molecule has 0 aliphatic carbocycles. The minimum atomic E-state index is -0.526. The van der Waals surface area contributed by atoms with Crippen LogP contribution in [0.2, 0.25) is 5.15 Å². The molecule has 1 heterocycles. The maximum absolute atomic E-state index is 11.6. The molecule has 0 radical (unpaired) electrons. The highest BCUT2D eigenvalue weighted by Gasteiger charge is 2.09. The van der Waals surface area contributed by atoms with E-state index in [2.05, 4.69) is 4.98 Å². The maximum Gasteiger partial charge on any atom is 0.338 e. The van der Waals surface area contributed by atoms with E-state index in [9.17, 15) is 9.59 Å². The van der Waals surface area contributed by atoms with Gasteiger partial charge in [0.1, 0.15) is 11.8 Å². The molecule has 5 heteroatoms. The lowest BCUT2D eigenvalue weighted by Crippen LogP contribution is -2.11. The molecular weight excluding hydrogens is 254 g/mol. The topological polar surface area (TPSA) is 56.3 Å². The van der Waals surface area contributed by atoms with Crippen molar-refractivity contribution in [1.29, 1.82) is 0 Å². The van der Waals surface area contributed by atoms with E-state index in [1.165, 1.54) is 6.92 Å². The van der Waals surface area contributed by atoms with E-state index < -0.39 is 5.97 Å². The van der Waals surface area contributed by atoms with Crippen LogP contribution in [-0.2, 0) is 9.53 Å². The number of fused-ring (bicyclic) bond motifs is 1. The number of aromatic nitrogens is 1. The summed E-state index contributed by atoms with van der Waals surface area (Å²) in [6.45, 7) is 1.15. The molecule has 0 aliphatic rings. The van der Waals surface area contributed by atoms with Crippen molar-refractivity contribution in [2.75, 3.05) is 6.61 Å². The zero-order valence-corrected chi connectivity index (χ0v) is 10.4. The number of ketones is 1. The summed E-state index contributed by atoms with van der Waals surface area (Å²) in [5.74, 6) is -0.723. The number of carbonyl (C=O) groups excluding carboxylic acids is 2. The van der Waals surface area contributed by atoms with Gasteiger partial charge < -0.3 is 4.74 Å². The molecule has 0 amide bonds. The summed E-state index contributed by atoms with van der Waals surface area (Å²) < 4.78 is 4.83. The third kappa shape index (κ3) is 2.84. The average Bonchev–Trinajstić information content (AvgIpc) is 2.35. The van der Waals surface area contributed by atoms with Gasteiger partial charge in [-0.3, -0.25) is 4.79 Å². The van der Waals surface area contributed by atoms with Gasteiger partial charge in [-0.05, 0) is 37.3 Å². The smallest absolute Gasteiger partial charge is 0.338 e. The van der Waals surface area contributed by atoms with Gasteiger partial charge in [-0.15, -0.1) is 0 Å². The first kappa shape index (κ1) is 12.5. The molecule has 0 saturated carbocycles. The number of halogens is 1. The minimum Gasteiger partial charge on any atom is -0.454 e. The fourth-order valence-electron chi connectivity index (χ4n) is 1.48. The number of benzene rings is 1. The van der Waals surface area contributed by atoms with E-state index in [-0.39, 0.29) is 12.4 Å². The van der Waals surface area contributed by atoms with Crippen LogP contribution >= 0.6 is 11.6 Å². The van der Waals surface area contributed by atoms with Crippen LogP contribution in [0.25, 0.3) is 10.9 Å². The molecular formula is C13H10ClNO3. The van der Waals surface area contributed by atoms with Gasteiger partial charge in [0.2, 0.25) is 0 Å². The van der Waals surface area contributed by atoms with Crippen molar-refractivity contribution in [3.63, 3.8) is 0 Å². The van der Waals surface area contributed by atoms with Crippen molar-refractivity contribution in [3.8, 4) is 0 Å². The van der Waals surface area contributed by atoms with Crippen LogP contribution in [0.5, 0.6) is 0 Å². The van der Waals surface area contributed by atoms with Gasteiger partial charge in [-0.2, -0.15) is 0 Å². The van der Waals surface area contributed by atoms with Crippen LogP contribution in [0.4, 0.5) is 0 Å². The summed E-state index contributed by atoms with van der Waals surface area (Å²) in [4.78, 5) is 26.5. The molecule has 0 spiro atoms. The Morgan fingerprint density at radius 1 is 1.28 bits per heavy atom. The molecule has 0 fully saturated rings. The molecule has 0 unspecified atom stereocenters. The first-order valence-corrected chi connectivity index (χ1v) is 5.67. The predicted octanol–water partition coefficient (Wildman–Crippen LogP) is 2.63. The number of hydrogen-bond donors (Lipinski definition) is 0. The van der Waals surface area contributed by atoms with Gasteiger partial charge in [0.15, 0.2) is 5.78 Å². The SMILES string of the molecule is CC(=O)COC(=O)c1ccc2nc(Cl)ccc2c1. The van der Waals surface area contributed by atoms with Crippen LogP contribution in [-0.4, -0.2) is 23.3 Å². The number of ether oxygens (including phenoxy) is 1. The fraction of sp³-hybridized carbons (Fsp3) is 0.154. The second-order valence-electron chi connectivity index (χ2n) is 3.82. The van der Waals surface area contributed by atoms with Crippen molar-refractivity contribution in [3.05, 3.63) is 41.0 Å². The second-order valence-corrected chi connectivity index (χ2v) is 4.21. The number of nitrogens with zero attached hydrogens (tertiary/aromatic N) is 1. The predicted molar refractivity (Wildman–Crippen MR) is 67.7 cm³/mol. The monoisotopic (exact) mass is 263 g/mol. The summed E-state index contributed by atoms with van der Waals surface area (Å²) in [6, 6.07) is 8.35. The summed E-state index contributed by atoms with van der Waals surface area (Å²) in [7, 11) is 0. The molecule has 1 aromatic heterocycles. The van der Waals surface area contributed by atoms with E-state index in [0.29, 0.717) is 16.2 Å². The number of rotatable bonds is 3. The summed E-state index contributed by atoms with van der Waals surface area (Å²) >= 11 is 5.77. The molecule has 2 aromatic rings. The molecule has 0 aliphatic heterocycles. The van der Waals surface area contributed by atoms with Crippen LogP contribution in [0.15, 0.2) is 30.3 Å². The quantitative estimate of drug-likeness (QED) is 0.631. The fourth-order valence-corrected chi connectivity index (χ4v) is 1.63. The average molecular weight is 264 g/mol. The van der Waals surface area contributed by atoms with Gasteiger partial charge in [-0.25, -0.2) is 9.78 Å². The highest BCUT2D eigenvalue weighted by molar-refractivity contribution is 6.29. The van der Waals surface area contributed by atoms with Crippen LogP contribution in [0.1, 0.15) is 17.3 Å². The normalized spacial score (nSPS) is 10.3. The first-order valence-electron chi connectivity index (χ1n) is 5.29. The lowest BCUT2D eigenvalue weighted by Gasteiger charge is -2.04. The number of esters is 1. The molecule has 1 aromatic carbocycles. The highest BCUT2D eigenvalue weighted by Crippen LogP contribution is 2.17. The van der Waals surface area contributed by atoms with E-state index in [0.717, 1.165) is 5.39 Å². The number of hydrogen-bond acceptors (Lipinski definition) is 4. The summed E-state index contributed by atoms with van der Waals surface area (Å²) in [5, 5.41) is 1.19. The third-order valence-corrected chi connectivity index (χ3v) is 2.51. The number of pyridine rings is 1. The van der Waals surface area contributed by atoms with Crippen molar-refractivity contribution < 1.29 is 14.3 Å². The van der Waals surface area contributed by atoms with Crippen LogP contribution < -0.4 is 0 Å². The van der Waals surface area contributed by atoms with Crippen LogP contribution in [0.3, 0.4) is 0 Å². The first-order chi connectivity index (χ1) is 8.56. The summed E-state index contributed by atoms with van der Waals surface area (Å²) in [6.07, 6.45) is 0. The van der Waals surface area contributed by atoms with Gasteiger partial charge in [0, 0.05) is 5.39 Å². The molecule has 18 heavy (non-hydrogen) atoms. The molecule has 4 nitrogen and oxygen atoms in total. The zero-order valence-electron chi connectivity index (χ0n) is 9.64. The van der Waals surface area contributed by atoms with Gasteiger partial charge in [-0.1, -0.05) is 11.6 Å². The van der Waals surface area contributed by atoms with Gasteiger partial charge >= 0.3 is 5.97 Å². The molecule has 92 valence electrons. The van der Waals surface area contributed by atoms with E-state index >= 15 is 0 Å². The molecule has 2 rings (SSSR count). The van der Waals surface area contributed by atoms with Crippen LogP contribution in [0, 0.1) is 0 Å². The Hall–Kier alpha value is -1.94. The Bertz CT molecular complexity index is 625.